The van der Waals surface area contributed by atoms with Crippen LogP contribution in [-0.4, -0.2) is 135 Å². The zero-order valence-corrected chi connectivity index (χ0v) is 44.4. The molecule has 4 atom stereocenters. The molecule has 16 heteroatoms. The van der Waals surface area contributed by atoms with E-state index in [4.69, 9.17) is 18.9 Å². The zero-order chi connectivity index (χ0) is 49.3. The molecule has 0 radical (unpaired) electrons. The third-order valence-electron chi connectivity index (χ3n) is 10.6. The number of amides is 2. The third kappa shape index (κ3) is 35.3. The third-order valence-corrected chi connectivity index (χ3v) is 13.1. The molecule has 0 aliphatic heterocycles. The fraction of sp³-hybridized carbons (Fsp3) is 0.878. The number of hydrogen-bond acceptors (Lipinski definition) is 14. The average molecular weight is 961 g/mol. The van der Waals surface area contributed by atoms with Gasteiger partial charge < -0.3 is 39.4 Å². The maximum Gasteiger partial charge on any atom is 0.329 e. The van der Waals surface area contributed by atoms with Crippen molar-refractivity contribution in [3.8, 4) is 0 Å². The average Bonchev–Trinajstić information content (AvgIpc) is 3.19. The Morgan fingerprint density at radius 1 is 0.615 bits per heavy atom. The van der Waals surface area contributed by atoms with Crippen molar-refractivity contribution >= 4 is 57.3 Å². The lowest BCUT2D eigenvalue weighted by Crippen LogP contribution is -2.46. The Bertz CT molecular complexity index is 1350. The van der Waals surface area contributed by atoms with Gasteiger partial charge in [0.1, 0.15) is 23.8 Å². The van der Waals surface area contributed by atoms with Crippen LogP contribution in [0.3, 0.4) is 0 Å². The Morgan fingerprint density at radius 3 is 1.54 bits per heavy atom. The SMILES string of the molecule is CCCCCCCC(=O)OC(CC)CC(C)CC(=O)N[C@@H](CSSC[C@H](NC(=O)CC(C)(C)CC(C)(C)OC(=O)CCCCCCC)C(=O)OCCCN(C)C)C(=O)OCCCN(C)C. The summed E-state index contributed by atoms with van der Waals surface area (Å²) in [5.41, 5.74) is -1.36. The number of carbonyl (C=O) groups is 6. The molecule has 0 bridgehead atoms. The Kier molecular flexibility index (Phi) is 35.0. The maximum atomic E-state index is 13.6. The van der Waals surface area contributed by atoms with Crippen molar-refractivity contribution < 1.29 is 47.7 Å². The highest BCUT2D eigenvalue weighted by atomic mass is 33.1. The van der Waals surface area contributed by atoms with Crippen LogP contribution in [-0.2, 0) is 47.7 Å². The van der Waals surface area contributed by atoms with E-state index >= 15 is 0 Å². The predicted molar refractivity (Wildman–Crippen MR) is 266 cm³/mol. The van der Waals surface area contributed by atoms with Gasteiger partial charge in [-0.05, 0) is 98.3 Å². The Hall–Kier alpha value is -2.56. The van der Waals surface area contributed by atoms with Crippen LogP contribution in [0, 0.1) is 11.3 Å². The molecule has 0 spiro atoms. The number of hydrogen-bond donors (Lipinski definition) is 2. The van der Waals surface area contributed by atoms with Gasteiger partial charge >= 0.3 is 23.9 Å². The van der Waals surface area contributed by atoms with Gasteiger partial charge in [-0.1, -0.05) is 114 Å². The van der Waals surface area contributed by atoms with Gasteiger partial charge in [0.05, 0.1) is 13.2 Å². The monoisotopic (exact) mass is 961 g/mol. The normalized spacial score (nSPS) is 13.8. The van der Waals surface area contributed by atoms with Crippen LogP contribution in [0.1, 0.15) is 177 Å². The standard InChI is InChI=1S/C49H92N4O10S2/c1-13-16-18-20-22-26-44(56)62-39(15-3)32-38(4)33-42(54)50-40(46(58)60-30-24-28-52(9)10)35-64-65-36-41(47(59)61-31-25-29-53(11)12)51-43(55)34-48(5,6)37-49(7,8)63-45(57)27-23-21-19-17-14-2/h38-41H,13-37H2,1-12H3,(H,50,54)(H,51,55)/t38?,39?,40-,41-/m0/s1. The van der Waals surface area contributed by atoms with Crippen molar-refractivity contribution in [3.63, 3.8) is 0 Å². The van der Waals surface area contributed by atoms with E-state index in [1.807, 2.05) is 79.5 Å². The quantitative estimate of drug-likeness (QED) is 0.0258. The van der Waals surface area contributed by atoms with Crippen molar-refractivity contribution in [2.24, 2.45) is 11.3 Å². The molecule has 0 fully saturated rings. The van der Waals surface area contributed by atoms with E-state index in [9.17, 15) is 28.8 Å². The first-order valence-electron chi connectivity index (χ1n) is 24.5. The molecule has 2 amide bonds. The molecule has 0 saturated carbocycles. The molecule has 0 aliphatic carbocycles. The molecular weight excluding hydrogens is 869 g/mol. The highest BCUT2D eigenvalue weighted by molar-refractivity contribution is 8.76. The van der Waals surface area contributed by atoms with Crippen LogP contribution < -0.4 is 10.6 Å². The van der Waals surface area contributed by atoms with E-state index in [1.54, 1.807) is 0 Å². The number of nitrogens with one attached hydrogen (secondary N) is 2. The number of rotatable bonds is 40. The number of ether oxygens (including phenoxy) is 4. The summed E-state index contributed by atoms with van der Waals surface area (Å²) in [4.78, 5) is 82.8. The van der Waals surface area contributed by atoms with Gasteiger partial charge in [-0.3, -0.25) is 19.2 Å². The van der Waals surface area contributed by atoms with E-state index in [0.717, 1.165) is 77.3 Å². The molecule has 2 unspecified atom stereocenters. The summed E-state index contributed by atoms with van der Waals surface area (Å²) in [5.74, 6) is -2.01. The van der Waals surface area contributed by atoms with Gasteiger partial charge in [0.2, 0.25) is 11.8 Å². The van der Waals surface area contributed by atoms with Crippen molar-refractivity contribution in [2.45, 2.75) is 201 Å². The molecule has 0 aromatic rings. The van der Waals surface area contributed by atoms with Crippen LogP contribution in [0.25, 0.3) is 0 Å². The minimum atomic E-state index is -0.970. The smallest absolute Gasteiger partial charge is 0.329 e. The molecule has 0 aromatic heterocycles. The first kappa shape index (κ1) is 62.4. The number of carbonyl (C=O) groups excluding carboxylic acids is 6. The summed E-state index contributed by atoms with van der Waals surface area (Å²) in [6, 6.07) is -1.92. The zero-order valence-electron chi connectivity index (χ0n) is 42.8. The molecule has 0 heterocycles. The van der Waals surface area contributed by atoms with Gasteiger partial charge in [0.25, 0.3) is 0 Å². The first-order valence-corrected chi connectivity index (χ1v) is 27.0. The Morgan fingerprint density at radius 2 is 1.08 bits per heavy atom. The highest BCUT2D eigenvalue weighted by Gasteiger charge is 2.35. The number of unbranched alkanes of at least 4 members (excludes halogenated alkanes) is 8. The van der Waals surface area contributed by atoms with E-state index < -0.39 is 35.0 Å². The van der Waals surface area contributed by atoms with E-state index in [2.05, 4.69) is 24.5 Å². The van der Waals surface area contributed by atoms with Gasteiger partial charge in [-0.2, -0.15) is 0 Å². The van der Waals surface area contributed by atoms with Gasteiger partial charge in [0.15, 0.2) is 0 Å². The number of esters is 4. The van der Waals surface area contributed by atoms with Crippen LogP contribution in [0.5, 0.6) is 0 Å². The minimum absolute atomic E-state index is 0.0833. The summed E-state index contributed by atoms with van der Waals surface area (Å²) in [6.45, 7) is 17.6. The lowest BCUT2D eigenvalue weighted by Gasteiger charge is -2.34. The Balaban J connectivity index is 5.66. The van der Waals surface area contributed by atoms with Crippen molar-refractivity contribution in [2.75, 3.05) is 66.0 Å². The van der Waals surface area contributed by atoms with Crippen molar-refractivity contribution in [1.82, 2.24) is 20.4 Å². The second-order valence-electron chi connectivity index (χ2n) is 19.6. The van der Waals surface area contributed by atoms with Crippen LogP contribution >= 0.6 is 21.6 Å². The van der Waals surface area contributed by atoms with Crippen LogP contribution in [0.15, 0.2) is 0 Å². The first-order chi connectivity index (χ1) is 30.6. The lowest BCUT2D eigenvalue weighted by atomic mass is 9.79. The molecular formula is C49H92N4O10S2. The summed E-state index contributed by atoms with van der Waals surface area (Å²) >= 11 is 0. The van der Waals surface area contributed by atoms with E-state index in [0.29, 0.717) is 44.9 Å². The molecule has 14 nitrogen and oxygen atoms in total. The summed E-state index contributed by atoms with van der Waals surface area (Å²) in [6.07, 6.45) is 13.9. The Labute approximate surface area is 402 Å². The fourth-order valence-electron chi connectivity index (χ4n) is 7.56. The predicted octanol–water partition coefficient (Wildman–Crippen LogP) is 8.91. The van der Waals surface area contributed by atoms with Crippen LogP contribution in [0.2, 0.25) is 0 Å². The molecule has 0 rings (SSSR count). The molecule has 380 valence electrons. The van der Waals surface area contributed by atoms with E-state index in [-0.39, 0.29) is 73.3 Å². The molecule has 0 saturated heterocycles. The van der Waals surface area contributed by atoms with Crippen molar-refractivity contribution in [1.29, 1.82) is 0 Å². The second kappa shape index (κ2) is 36.5. The molecule has 2 N–H and O–H groups in total. The lowest BCUT2D eigenvalue weighted by molar-refractivity contribution is -0.159. The maximum absolute atomic E-state index is 13.6. The largest absolute Gasteiger partial charge is 0.464 e. The minimum Gasteiger partial charge on any atom is -0.464 e. The van der Waals surface area contributed by atoms with Crippen molar-refractivity contribution in [3.05, 3.63) is 0 Å². The van der Waals surface area contributed by atoms with Gasteiger partial charge in [-0.15, -0.1) is 0 Å². The number of nitrogens with zero attached hydrogens (tertiary/aromatic N) is 2. The highest BCUT2D eigenvalue weighted by Crippen LogP contribution is 2.34. The topological polar surface area (TPSA) is 170 Å². The molecule has 0 aromatic carbocycles. The molecule has 65 heavy (non-hydrogen) atoms. The fourth-order valence-corrected chi connectivity index (χ4v) is 9.86. The van der Waals surface area contributed by atoms with Gasteiger partial charge in [-0.25, -0.2) is 9.59 Å². The summed E-state index contributed by atoms with van der Waals surface area (Å²) < 4.78 is 22.8. The summed E-state index contributed by atoms with van der Waals surface area (Å²) in [5, 5.41) is 5.76. The van der Waals surface area contributed by atoms with Crippen LogP contribution in [0.4, 0.5) is 0 Å². The summed E-state index contributed by atoms with van der Waals surface area (Å²) in [7, 11) is 10.3. The second-order valence-corrected chi connectivity index (χ2v) is 22.2. The molecule has 0 aliphatic rings. The van der Waals surface area contributed by atoms with Gasteiger partial charge in [0, 0.05) is 50.3 Å². The van der Waals surface area contributed by atoms with E-state index in [1.165, 1.54) is 21.6 Å².